The number of carbonyl (C=O) groups excluding carboxylic acids is 1. The van der Waals surface area contributed by atoms with Crippen molar-refractivity contribution in [2.45, 2.75) is 19.8 Å². The van der Waals surface area contributed by atoms with Crippen molar-refractivity contribution in [1.29, 1.82) is 0 Å². The van der Waals surface area contributed by atoms with Crippen molar-refractivity contribution in [2.75, 3.05) is 32.1 Å². The number of piperidine rings is 1. The first-order valence-electron chi connectivity index (χ1n) is 8.95. The third kappa shape index (κ3) is 4.32. The topological polar surface area (TPSA) is 75.3 Å². The summed E-state index contributed by atoms with van der Waals surface area (Å²) in [6.45, 7) is 4.89. The maximum Gasteiger partial charge on any atom is 0.255 e. The van der Waals surface area contributed by atoms with E-state index in [0.717, 1.165) is 31.6 Å². The second kappa shape index (κ2) is 8.19. The van der Waals surface area contributed by atoms with Crippen LogP contribution in [0.4, 0.5) is 11.5 Å². The van der Waals surface area contributed by atoms with Crippen LogP contribution in [-0.2, 0) is 0 Å². The number of methoxy groups -OCH3 is 1. The van der Waals surface area contributed by atoms with Crippen LogP contribution >= 0.6 is 0 Å². The molecule has 1 aromatic heterocycles. The molecule has 138 valence electrons. The SMILES string of the molecule is COc1ccccc1Nc1ncccc1C(=O)NCC1(C)CCNCC1. The van der Waals surface area contributed by atoms with Crippen LogP contribution in [0.15, 0.2) is 42.6 Å². The first-order valence-corrected chi connectivity index (χ1v) is 8.95. The van der Waals surface area contributed by atoms with Gasteiger partial charge in [0.25, 0.3) is 5.91 Å². The summed E-state index contributed by atoms with van der Waals surface area (Å²) in [4.78, 5) is 17.1. The Balaban J connectivity index is 1.73. The first kappa shape index (κ1) is 18.2. The molecule has 3 rings (SSSR count). The van der Waals surface area contributed by atoms with E-state index < -0.39 is 0 Å². The van der Waals surface area contributed by atoms with Crippen molar-refractivity contribution in [3.8, 4) is 5.75 Å². The fourth-order valence-electron chi connectivity index (χ4n) is 3.16. The molecule has 0 atom stereocenters. The van der Waals surface area contributed by atoms with Crippen molar-refractivity contribution < 1.29 is 9.53 Å². The Morgan fingerprint density at radius 3 is 2.77 bits per heavy atom. The van der Waals surface area contributed by atoms with Gasteiger partial charge in [-0.15, -0.1) is 0 Å². The standard InChI is InChI=1S/C20H26N4O2/c1-20(9-12-21-13-10-20)14-23-19(25)15-6-5-11-22-18(15)24-16-7-3-4-8-17(16)26-2/h3-8,11,21H,9-10,12-14H2,1-2H3,(H,22,24)(H,23,25). The zero-order valence-corrected chi connectivity index (χ0v) is 15.3. The molecule has 1 aliphatic heterocycles. The zero-order valence-electron chi connectivity index (χ0n) is 15.3. The molecule has 0 bridgehead atoms. The summed E-state index contributed by atoms with van der Waals surface area (Å²) >= 11 is 0. The number of hydrogen-bond donors (Lipinski definition) is 3. The van der Waals surface area contributed by atoms with E-state index in [9.17, 15) is 4.79 Å². The van der Waals surface area contributed by atoms with Crippen LogP contribution in [0.1, 0.15) is 30.1 Å². The molecule has 3 N–H and O–H groups in total. The molecule has 1 fully saturated rings. The zero-order chi connectivity index (χ0) is 18.4. The van der Waals surface area contributed by atoms with Crippen LogP contribution in [0.5, 0.6) is 5.75 Å². The van der Waals surface area contributed by atoms with Crippen molar-refractivity contribution in [3.63, 3.8) is 0 Å². The van der Waals surface area contributed by atoms with E-state index in [4.69, 9.17) is 4.74 Å². The van der Waals surface area contributed by atoms with Gasteiger partial charge in [0.15, 0.2) is 0 Å². The first-order chi connectivity index (χ1) is 12.6. The molecular formula is C20H26N4O2. The van der Waals surface area contributed by atoms with E-state index in [-0.39, 0.29) is 11.3 Å². The lowest BCUT2D eigenvalue weighted by Crippen LogP contribution is -2.43. The average Bonchev–Trinajstić information content (AvgIpc) is 2.68. The molecule has 2 aromatic rings. The molecule has 1 aliphatic rings. The Morgan fingerprint density at radius 2 is 2.00 bits per heavy atom. The van der Waals surface area contributed by atoms with Gasteiger partial charge in [-0.05, 0) is 55.6 Å². The second-order valence-electron chi connectivity index (χ2n) is 6.97. The van der Waals surface area contributed by atoms with E-state index in [2.05, 4.69) is 27.9 Å². The number of amides is 1. The number of para-hydroxylation sites is 2. The number of hydrogen-bond acceptors (Lipinski definition) is 5. The highest BCUT2D eigenvalue weighted by atomic mass is 16.5. The van der Waals surface area contributed by atoms with Gasteiger partial charge in [-0.3, -0.25) is 4.79 Å². The summed E-state index contributed by atoms with van der Waals surface area (Å²) in [6, 6.07) is 11.1. The molecule has 0 saturated carbocycles. The lowest BCUT2D eigenvalue weighted by Gasteiger charge is -2.34. The number of ether oxygens (including phenoxy) is 1. The van der Waals surface area contributed by atoms with E-state index in [1.54, 1.807) is 25.4 Å². The van der Waals surface area contributed by atoms with Gasteiger partial charge >= 0.3 is 0 Å². The number of rotatable bonds is 6. The van der Waals surface area contributed by atoms with Gasteiger partial charge in [-0.2, -0.15) is 0 Å². The maximum absolute atomic E-state index is 12.8. The number of pyridine rings is 1. The lowest BCUT2D eigenvalue weighted by molar-refractivity contribution is 0.0923. The molecule has 1 aromatic carbocycles. The minimum atomic E-state index is -0.116. The Labute approximate surface area is 154 Å². The molecular weight excluding hydrogens is 328 g/mol. The normalized spacial score (nSPS) is 15.9. The van der Waals surface area contributed by atoms with E-state index in [1.165, 1.54) is 0 Å². The predicted octanol–water partition coefficient (Wildman–Crippen LogP) is 2.95. The van der Waals surface area contributed by atoms with Crippen LogP contribution in [0.25, 0.3) is 0 Å². The van der Waals surface area contributed by atoms with Gasteiger partial charge in [0.05, 0.1) is 18.4 Å². The van der Waals surface area contributed by atoms with Crippen molar-refractivity contribution in [3.05, 3.63) is 48.2 Å². The predicted molar refractivity (Wildman–Crippen MR) is 103 cm³/mol. The van der Waals surface area contributed by atoms with Crippen LogP contribution in [-0.4, -0.2) is 37.6 Å². The fraction of sp³-hybridized carbons (Fsp3) is 0.400. The highest BCUT2D eigenvalue weighted by Crippen LogP contribution is 2.29. The van der Waals surface area contributed by atoms with Crippen molar-refractivity contribution >= 4 is 17.4 Å². The summed E-state index contributed by atoms with van der Waals surface area (Å²) in [5.74, 6) is 1.10. The Hall–Kier alpha value is -2.60. The van der Waals surface area contributed by atoms with Gasteiger partial charge in [0.2, 0.25) is 0 Å². The number of aromatic nitrogens is 1. The summed E-state index contributed by atoms with van der Waals surface area (Å²) in [7, 11) is 1.62. The second-order valence-corrected chi connectivity index (χ2v) is 6.97. The Morgan fingerprint density at radius 1 is 1.23 bits per heavy atom. The molecule has 26 heavy (non-hydrogen) atoms. The third-order valence-electron chi connectivity index (χ3n) is 4.90. The number of nitrogens with one attached hydrogen (secondary N) is 3. The number of nitrogens with zero attached hydrogens (tertiary/aromatic N) is 1. The molecule has 0 radical (unpaired) electrons. The smallest absolute Gasteiger partial charge is 0.255 e. The van der Waals surface area contributed by atoms with Gasteiger partial charge < -0.3 is 20.7 Å². The van der Waals surface area contributed by atoms with Gasteiger partial charge in [0, 0.05) is 12.7 Å². The monoisotopic (exact) mass is 354 g/mol. The quantitative estimate of drug-likeness (QED) is 0.744. The summed E-state index contributed by atoms with van der Waals surface area (Å²) in [5, 5.41) is 9.66. The minimum Gasteiger partial charge on any atom is -0.495 e. The molecule has 6 heteroatoms. The third-order valence-corrected chi connectivity index (χ3v) is 4.90. The van der Waals surface area contributed by atoms with Crippen molar-refractivity contribution in [1.82, 2.24) is 15.6 Å². The average molecular weight is 354 g/mol. The summed E-state index contributed by atoms with van der Waals surface area (Å²) < 4.78 is 5.36. The summed E-state index contributed by atoms with van der Waals surface area (Å²) in [5.41, 5.74) is 1.43. The number of carbonyl (C=O) groups is 1. The van der Waals surface area contributed by atoms with E-state index in [1.807, 2.05) is 24.3 Å². The highest BCUT2D eigenvalue weighted by molar-refractivity contribution is 5.99. The van der Waals surface area contributed by atoms with Crippen LogP contribution in [0.2, 0.25) is 0 Å². The molecule has 1 amide bonds. The molecule has 0 aliphatic carbocycles. The van der Waals surface area contributed by atoms with Gasteiger partial charge in [-0.1, -0.05) is 19.1 Å². The lowest BCUT2D eigenvalue weighted by atomic mass is 9.81. The molecule has 0 spiro atoms. The van der Waals surface area contributed by atoms with Crippen LogP contribution < -0.4 is 20.7 Å². The molecule has 6 nitrogen and oxygen atoms in total. The molecule has 2 heterocycles. The van der Waals surface area contributed by atoms with E-state index >= 15 is 0 Å². The number of benzene rings is 1. The minimum absolute atomic E-state index is 0.116. The van der Waals surface area contributed by atoms with Crippen LogP contribution in [0.3, 0.4) is 0 Å². The van der Waals surface area contributed by atoms with E-state index in [0.29, 0.717) is 23.7 Å². The Bertz CT molecular complexity index is 757. The number of anilines is 2. The van der Waals surface area contributed by atoms with Crippen molar-refractivity contribution in [2.24, 2.45) is 5.41 Å². The van der Waals surface area contributed by atoms with Gasteiger partial charge in [0.1, 0.15) is 11.6 Å². The fourth-order valence-corrected chi connectivity index (χ4v) is 3.16. The highest BCUT2D eigenvalue weighted by Gasteiger charge is 2.27. The van der Waals surface area contributed by atoms with Crippen LogP contribution in [0, 0.1) is 5.41 Å². The Kier molecular flexibility index (Phi) is 5.73. The van der Waals surface area contributed by atoms with Gasteiger partial charge in [-0.25, -0.2) is 4.98 Å². The molecule has 1 saturated heterocycles. The largest absolute Gasteiger partial charge is 0.495 e. The summed E-state index contributed by atoms with van der Waals surface area (Å²) in [6.07, 6.45) is 3.79. The maximum atomic E-state index is 12.8. The molecule has 0 unspecified atom stereocenters.